The Kier molecular flexibility index (Phi) is 5.75. The number of hydrogen-bond donors (Lipinski definition) is 1. The summed E-state index contributed by atoms with van der Waals surface area (Å²) in [5.74, 6) is 0. The third-order valence-corrected chi connectivity index (χ3v) is 3.07. The molecule has 0 atom stereocenters. The van der Waals surface area contributed by atoms with Gasteiger partial charge in [-0.25, -0.2) is 0 Å². The lowest BCUT2D eigenvalue weighted by molar-refractivity contribution is -0.413. The van der Waals surface area contributed by atoms with Crippen LogP contribution in [0.5, 0.6) is 0 Å². The average molecular weight is 328 g/mol. The Morgan fingerprint density at radius 3 is 2.11 bits per heavy atom. The molecule has 1 aromatic rings. The third-order valence-electron chi connectivity index (χ3n) is 1.80. The summed E-state index contributed by atoms with van der Waals surface area (Å²) < 4.78 is -0.324. The number of halogens is 4. The van der Waals surface area contributed by atoms with Crippen LogP contribution in [0.4, 0.5) is 5.69 Å². The van der Waals surface area contributed by atoms with Crippen molar-refractivity contribution in [2.45, 2.75) is 0 Å². The quantitative estimate of drug-likeness (QED) is 0.378. The molecule has 1 N–H and O–H groups in total. The van der Waals surface area contributed by atoms with Crippen molar-refractivity contribution < 1.29 is 4.92 Å². The van der Waals surface area contributed by atoms with E-state index >= 15 is 0 Å². The molecule has 0 aliphatic carbocycles. The van der Waals surface area contributed by atoms with Gasteiger partial charge < -0.3 is 5.32 Å². The zero-order valence-electron chi connectivity index (χ0n) is 8.66. The number of nitrogens with one attached hydrogen (secondary N) is 1. The highest BCUT2D eigenvalue weighted by molar-refractivity contribution is 6.60. The van der Waals surface area contributed by atoms with Crippen molar-refractivity contribution in [2.24, 2.45) is 0 Å². The first-order valence-corrected chi connectivity index (χ1v) is 6.02. The van der Waals surface area contributed by atoms with E-state index in [9.17, 15) is 10.1 Å². The molecule has 96 valence electrons. The van der Waals surface area contributed by atoms with E-state index < -0.39 is 10.1 Å². The summed E-state index contributed by atoms with van der Waals surface area (Å²) in [5, 5.41) is 12.4. The average Bonchev–Trinajstić information content (AvgIpc) is 2.35. The van der Waals surface area contributed by atoms with Gasteiger partial charge in [0.1, 0.15) is 9.52 Å². The molecule has 0 aliphatic rings. The summed E-state index contributed by atoms with van der Waals surface area (Å²) in [6, 6.07) is 8.61. The number of allylic oxidation sites excluding steroid dienone is 1. The minimum Gasteiger partial charge on any atom is -0.348 e. The Morgan fingerprint density at radius 2 is 1.67 bits per heavy atom. The summed E-state index contributed by atoms with van der Waals surface area (Å²) >= 11 is 22.3. The zero-order chi connectivity index (χ0) is 13.7. The lowest BCUT2D eigenvalue weighted by Gasteiger charge is -2.09. The molecule has 1 aromatic carbocycles. The van der Waals surface area contributed by atoms with Gasteiger partial charge in [-0.3, -0.25) is 10.1 Å². The van der Waals surface area contributed by atoms with Crippen LogP contribution in [0, 0.1) is 10.1 Å². The number of nitrogens with zero attached hydrogens (tertiary/aromatic N) is 1. The smallest absolute Gasteiger partial charge is 0.348 e. The van der Waals surface area contributed by atoms with Crippen molar-refractivity contribution in [2.75, 3.05) is 5.32 Å². The lowest BCUT2D eigenvalue weighted by Crippen LogP contribution is -2.07. The van der Waals surface area contributed by atoms with Gasteiger partial charge in [0, 0.05) is 5.69 Å². The van der Waals surface area contributed by atoms with Crippen molar-refractivity contribution in [1.82, 2.24) is 0 Å². The molecule has 0 saturated heterocycles. The molecule has 1 rings (SSSR count). The fourth-order valence-corrected chi connectivity index (χ4v) is 1.56. The summed E-state index contributed by atoms with van der Waals surface area (Å²) in [5.41, 5.74) is 0.384. The highest BCUT2D eigenvalue weighted by Gasteiger charge is 2.21. The van der Waals surface area contributed by atoms with E-state index in [0.717, 1.165) is 0 Å². The van der Waals surface area contributed by atoms with Crippen LogP contribution in [-0.4, -0.2) is 4.92 Å². The van der Waals surface area contributed by atoms with Gasteiger partial charge in [0.25, 0.3) is 0 Å². The molecule has 0 amide bonds. The van der Waals surface area contributed by atoms with Crippen LogP contribution in [-0.2, 0) is 0 Å². The molecule has 0 bridgehead atoms. The molecule has 0 saturated carbocycles. The third kappa shape index (κ3) is 4.07. The summed E-state index contributed by atoms with van der Waals surface area (Å²) in [6.45, 7) is 0. The first kappa shape index (κ1) is 15.1. The van der Waals surface area contributed by atoms with E-state index in [1.54, 1.807) is 30.3 Å². The number of rotatable bonds is 4. The Hall–Kier alpha value is -0.940. The van der Waals surface area contributed by atoms with E-state index in [4.69, 9.17) is 46.4 Å². The monoisotopic (exact) mass is 326 g/mol. The van der Waals surface area contributed by atoms with Crippen LogP contribution in [0.1, 0.15) is 0 Å². The van der Waals surface area contributed by atoms with Crippen LogP contribution >= 0.6 is 46.4 Å². The highest BCUT2D eigenvalue weighted by atomic mass is 35.5. The maximum absolute atomic E-state index is 10.7. The van der Waals surface area contributed by atoms with E-state index in [2.05, 4.69) is 5.32 Å². The molecule has 8 heteroatoms. The number of anilines is 1. The summed E-state index contributed by atoms with van der Waals surface area (Å²) in [7, 11) is 0. The van der Waals surface area contributed by atoms with E-state index in [1.807, 2.05) is 0 Å². The van der Waals surface area contributed by atoms with Gasteiger partial charge >= 0.3 is 5.16 Å². The van der Waals surface area contributed by atoms with Gasteiger partial charge in [0.15, 0.2) is 5.70 Å². The van der Waals surface area contributed by atoms with Gasteiger partial charge in [-0.05, 0) is 23.7 Å². The number of para-hydroxylation sites is 1. The SMILES string of the molecule is O=[N+]([O-])/C(Cl)=C(/Nc1ccccc1)C(Cl)=C(Cl)Cl. The van der Waals surface area contributed by atoms with E-state index in [1.165, 1.54) is 0 Å². The van der Waals surface area contributed by atoms with Crippen molar-refractivity contribution in [3.63, 3.8) is 0 Å². The van der Waals surface area contributed by atoms with Crippen molar-refractivity contribution >= 4 is 52.1 Å². The lowest BCUT2D eigenvalue weighted by atomic mass is 10.3. The maximum atomic E-state index is 10.7. The van der Waals surface area contributed by atoms with Gasteiger partial charge in [-0.1, -0.05) is 53.0 Å². The molecule has 0 aromatic heterocycles. The molecule has 18 heavy (non-hydrogen) atoms. The second kappa shape index (κ2) is 6.85. The van der Waals surface area contributed by atoms with Crippen LogP contribution < -0.4 is 5.32 Å². The number of hydrogen-bond acceptors (Lipinski definition) is 3. The van der Waals surface area contributed by atoms with Gasteiger partial charge in [-0.15, -0.1) is 0 Å². The van der Waals surface area contributed by atoms with Crippen LogP contribution in [0.3, 0.4) is 0 Å². The molecule has 0 heterocycles. The molecule has 0 unspecified atom stereocenters. The molecular formula is C10H6Cl4N2O2. The topological polar surface area (TPSA) is 55.2 Å². The Morgan fingerprint density at radius 1 is 1.11 bits per heavy atom. The van der Waals surface area contributed by atoms with Crippen LogP contribution in [0.25, 0.3) is 0 Å². The Bertz CT molecular complexity index is 510. The zero-order valence-corrected chi connectivity index (χ0v) is 11.7. The minimum atomic E-state index is -0.800. The molecule has 0 fully saturated rings. The standard InChI is InChI=1S/C10H6Cl4N2O2/c11-7(9(12)13)8(10(14)16(17)18)15-6-4-2-1-3-5-6/h1-5,15H/b10-8+. The molecule has 0 spiro atoms. The second-order valence-corrected chi connectivity index (χ2v) is 4.67. The van der Waals surface area contributed by atoms with E-state index in [-0.39, 0.29) is 15.2 Å². The molecule has 0 radical (unpaired) electrons. The molecule has 4 nitrogen and oxygen atoms in total. The van der Waals surface area contributed by atoms with Crippen molar-refractivity contribution in [1.29, 1.82) is 0 Å². The molecule has 0 aliphatic heterocycles. The van der Waals surface area contributed by atoms with Crippen LogP contribution in [0.15, 0.2) is 50.7 Å². The first-order chi connectivity index (χ1) is 8.43. The van der Waals surface area contributed by atoms with Crippen molar-refractivity contribution in [3.05, 3.63) is 60.8 Å². The van der Waals surface area contributed by atoms with Crippen molar-refractivity contribution in [3.8, 4) is 0 Å². The molecular weight excluding hydrogens is 322 g/mol. The predicted molar refractivity (Wildman–Crippen MR) is 74.5 cm³/mol. The second-order valence-electron chi connectivity index (χ2n) is 2.99. The number of nitro groups is 1. The largest absolute Gasteiger partial charge is 0.362 e. The summed E-state index contributed by atoms with van der Waals surface area (Å²) in [6.07, 6.45) is 0. The highest BCUT2D eigenvalue weighted by Crippen LogP contribution is 2.29. The van der Waals surface area contributed by atoms with E-state index in [0.29, 0.717) is 5.69 Å². The van der Waals surface area contributed by atoms with Gasteiger partial charge in [0.05, 0.1) is 4.92 Å². The minimum absolute atomic E-state index is 0.172. The maximum Gasteiger partial charge on any atom is 0.362 e. The predicted octanol–water partition coefficient (Wildman–Crippen LogP) is 4.67. The number of benzene rings is 1. The first-order valence-electron chi connectivity index (χ1n) is 4.51. The van der Waals surface area contributed by atoms with Gasteiger partial charge in [-0.2, -0.15) is 0 Å². The fourth-order valence-electron chi connectivity index (χ4n) is 1.05. The normalized spacial score (nSPS) is 11.6. The summed E-state index contributed by atoms with van der Waals surface area (Å²) in [4.78, 5) is 9.87. The fraction of sp³-hybridized carbons (Fsp3) is 0. The Balaban J connectivity index is 3.20. The van der Waals surface area contributed by atoms with Gasteiger partial charge in [0.2, 0.25) is 0 Å². The van der Waals surface area contributed by atoms with Crippen LogP contribution in [0.2, 0.25) is 0 Å². The Labute approximate surface area is 123 Å².